The molecule has 4 fully saturated rings. The first-order chi connectivity index (χ1) is 11.6. The second-order valence-corrected chi connectivity index (χ2v) is 7.96. The van der Waals surface area contributed by atoms with Crippen molar-refractivity contribution >= 4 is 17.5 Å². The number of hydrogen-bond donors (Lipinski definition) is 3. The third-order valence-electron chi connectivity index (χ3n) is 6.40. The van der Waals surface area contributed by atoms with Gasteiger partial charge in [0.15, 0.2) is 0 Å². The number of nitrogens with one attached hydrogen (secondary N) is 3. The van der Waals surface area contributed by atoms with Gasteiger partial charge in [0.2, 0.25) is 5.91 Å². The standard InChI is InChI=1S/C19H23N3O2/c23-17(20-13-7-8-13)15-9-12-6-5-11(15)10-19(12)21-16-4-2-1-3-14(16)18(24)22-19/h1-4,11-13,15,21H,5-10H2,(H,20,23)(H,22,24)/t11-,12+,15+,19-/m1/s1. The van der Waals surface area contributed by atoms with Crippen LogP contribution in [0.5, 0.6) is 0 Å². The first-order valence-corrected chi connectivity index (χ1v) is 9.15. The molecule has 2 amide bonds. The third kappa shape index (κ3) is 2.14. The molecule has 2 bridgehead atoms. The largest absolute Gasteiger partial charge is 0.362 e. The molecule has 5 aliphatic rings. The number of anilines is 1. The molecular weight excluding hydrogens is 302 g/mol. The van der Waals surface area contributed by atoms with E-state index in [2.05, 4.69) is 16.0 Å². The molecule has 6 rings (SSSR count). The van der Waals surface area contributed by atoms with Crippen LogP contribution < -0.4 is 16.0 Å². The van der Waals surface area contributed by atoms with Gasteiger partial charge in [-0.15, -0.1) is 0 Å². The smallest absolute Gasteiger partial charge is 0.255 e. The second kappa shape index (κ2) is 4.98. The van der Waals surface area contributed by atoms with Gasteiger partial charge in [0.25, 0.3) is 5.91 Å². The first-order valence-electron chi connectivity index (χ1n) is 9.15. The average Bonchev–Trinajstić information content (AvgIpc) is 3.39. The van der Waals surface area contributed by atoms with Crippen LogP contribution in [0.15, 0.2) is 24.3 Å². The molecule has 5 heteroatoms. The van der Waals surface area contributed by atoms with Crippen LogP contribution in [0.4, 0.5) is 5.69 Å². The molecule has 1 spiro atoms. The van der Waals surface area contributed by atoms with Gasteiger partial charge in [-0.1, -0.05) is 12.1 Å². The Balaban J connectivity index is 1.40. The second-order valence-electron chi connectivity index (χ2n) is 7.96. The van der Waals surface area contributed by atoms with E-state index in [1.54, 1.807) is 0 Å². The summed E-state index contributed by atoms with van der Waals surface area (Å²) in [7, 11) is 0. The van der Waals surface area contributed by atoms with E-state index in [9.17, 15) is 9.59 Å². The fourth-order valence-electron chi connectivity index (χ4n) is 5.00. The minimum absolute atomic E-state index is 0.0101. The maximum atomic E-state index is 12.6. The van der Waals surface area contributed by atoms with E-state index in [1.807, 2.05) is 24.3 Å². The summed E-state index contributed by atoms with van der Waals surface area (Å²) >= 11 is 0. The highest BCUT2D eigenvalue weighted by Crippen LogP contribution is 2.51. The monoisotopic (exact) mass is 325 g/mol. The van der Waals surface area contributed by atoms with Crippen molar-refractivity contribution < 1.29 is 9.59 Å². The van der Waals surface area contributed by atoms with Crippen LogP contribution in [-0.4, -0.2) is 23.5 Å². The summed E-state index contributed by atoms with van der Waals surface area (Å²) in [5.74, 6) is 1.04. The van der Waals surface area contributed by atoms with Gasteiger partial charge < -0.3 is 16.0 Å². The Kier molecular flexibility index (Phi) is 2.97. The van der Waals surface area contributed by atoms with Gasteiger partial charge in [-0.2, -0.15) is 0 Å². The summed E-state index contributed by atoms with van der Waals surface area (Å²) in [5.41, 5.74) is 1.27. The van der Waals surface area contributed by atoms with Crippen molar-refractivity contribution in [3.05, 3.63) is 29.8 Å². The van der Waals surface area contributed by atoms with E-state index in [0.717, 1.165) is 44.2 Å². The minimum Gasteiger partial charge on any atom is -0.362 e. The summed E-state index contributed by atoms with van der Waals surface area (Å²) in [6.07, 6.45) is 6.15. The summed E-state index contributed by atoms with van der Waals surface area (Å²) in [6, 6.07) is 8.12. The number of hydrogen-bond acceptors (Lipinski definition) is 3. The SMILES string of the molecule is O=C1N[C@@]2(C[C@H]3CC[C@H]2C[C@@H]3C(=O)NC2CC2)Nc2ccccc21. The molecule has 1 aromatic carbocycles. The predicted molar refractivity (Wildman–Crippen MR) is 90.4 cm³/mol. The topological polar surface area (TPSA) is 70.2 Å². The number of para-hydroxylation sites is 1. The highest BCUT2D eigenvalue weighted by Gasteiger charge is 2.55. The molecule has 0 radical (unpaired) electrons. The molecule has 3 N–H and O–H groups in total. The van der Waals surface area contributed by atoms with Gasteiger partial charge in [-0.25, -0.2) is 0 Å². The van der Waals surface area contributed by atoms with Crippen LogP contribution in [0.25, 0.3) is 0 Å². The molecule has 1 aromatic rings. The molecule has 126 valence electrons. The number of benzene rings is 1. The lowest BCUT2D eigenvalue weighted by molar-refractivity contribution is -0.132. The van der Waals surface area contributed by atoms with Crippen LogP contribution >= 0.6 is 0 Å². The highest BCUT2D eigenvalue weighted by atomic mass is 16.2. The van der Waals surface area contributed by atoms with Crippen molar-refractivity contribution in [3.8, 4) is 0 Å². The van der Waals surface area contributed by atoms with Gasteiger partial charge in [-0.05, 0) is 56.6 Å². The Morgan fingerprint density at radius 2 is 1.96 bits per heavy atom. The van der Waals surface area contributed by atoms with E-state index in [0.29, 0.717) is 23.4 Å². The van der Waals surface area contributed by atoms with Crippen molar-refractivity contribution in [2.45, 2.75) is 50.2 Å². The number of rotatable bonds is 2. The lowest BCUT2D eigenvalue weighted by Gasteiger charge is -2.56. The first kappa shape index (κ1) is 14.3. The molecule has 0 unspecified atom stereocenters. The summed E-state index contributed by atoms with van der Waals surface area (Å²) in [4.78, 5) is 25.1. The van der Waals surface area contributed by atoms with Crippen LogP contribution in [0.3, 0.4) is 0 Å². The molecule has 5 nitrogen and oxygen atoms in total. The maximum absolute atomic E-state index is 12.6. The zero-order valence-electron chi connectivity index (χ0n) is 13.7. The van der Waals surface area contributed by atoms with Crippen molar-refractivity contribution in [3.63, 3.8) is 0 Å². The normalized spacial score (nSPS) is 36.7. The number of fused-ring (bicyclic) bond motifs is 3. The molecule has 1 heterocycles. The van der Waals surface area contributed by atoms with Gasteiger partial charge in [0.05, 0.1) is 5.56 Å². The van der Waals surface area contributed by atoms with E-state index >= 15 is 0 Å². The fraction of sp³-hybridized carbons (Fsp3) is 0.579. The number of carbonyl (C=O) groups excluding carboxylic acids is 2. The highest BCUT2D eigenvalue weighted by molar-refractivity contribution is 6.02. The lowest BCUT2D eigenvalue weighted by Crippen LogP contribution is -2.68. The van der Waals surface area contributed by atoms with Crippen LogP contribution in [-0.2, 0) is 4.79 Å². The third-order valence-corrected chi connectivity index (χ3v) is 6.40. The van der Waals surface area contributed by atoms with Crippen molar-refractivity contribution in [1.82, 2.24) is 10.6 Å². The zero-order valence-corrected chi connectivity index (χ0v) is 13.7. The molecule has 0 aromatic heterocycles. The van der Waals surface area contributed by atoms with Gasteiger partial charge in [0.1, 0.15) is 5.66 Å². The van der Waals surface area contributed by atoms with Gasteiger partial charge >= 0.3 is 0 Å². The molecular formula is C19H23N3O2. The number of amides is 2. The van der Waals surface area contributed by atoms with Gasteiger partial charge in [0, 0.05) is 23.6 Å². The van der Waals surface area contributed by atoms with Crippen molar-refractivity contribution in [1.29, 1.82) is 0 Å². The Bertz CT molecular complexity index is 714. The van der Waals surface area contributed by atoms with E-state index in [4.69, 9.17) is 0 Å². The predicted octanol–water partition coefficient (Wildman–Crippen LogP) is 2.25. The summed E-state index contributed by atoms with van der Waals surface area (Å²) < 4.78 is 0. The lowest BCUT2D eigenvalue weighted by atomic mass is 9.58. The Labute approximate surface area is 141 Å². The van der Waals surface area contributed by atoms with E-state index in [-0.39, 0.29) is 23.4 Å². The molecule has 1 aliphatic heterocycles. The Hall–Kier alpha value is -2.04. The Morgan fingerprint density at radius 1 is 1.12 bits per heavy atom. The molecule has 24 heavy (non-hydrogen) atoms. The molecule has 4 saturated carbocycles. The van der Waals surface area contributed by atoms with Crippen LogP contribution in [0.2, 0.25) is 0 Å². The fourth-order valence-corrected chi connectivity index (χ4v) is 5.00. The van der Waals surface area contributed by atoms with E-state index < -0.39 is 0 Å². The zero-order chi connectivity index (χ0) is 16.3. The summed E-state index contributed by atoms with van der Waals surface area (Å²) in [6.45, 7) is 0. The summed E-state index contributed by atoms with van der Waals surface area (Å²) in [5, 5.41) is 10.1. The average molecular weight is 325 g/mol. The Morgan fingerprint density at radius 3 is 2.71 bits per heavy atom. The number of carbonyl (C=O) groups is 2. The van der Waals surface area contributed by atoms with Crippen molar-refractivity contribution in [2.24, 2.45) is 17.8 Å². The van der Waals surface area contributed by atoms with E-state index in [1.165, 1.54) is 0 Å². The van der Waals surface area contributed by atoms with Crippen molar-refractivity contribution in [2.75, 3.05) is 5.32 Å². The molecule has 0 saturated heterocycles. The molecule has 4 atom stereocenters. The maximum Gasteiger partial charge on any atom is 0.255 e. The van der Waals surface area contributed by atoms with Crippen LogP contribution in [0, 0.1) is 17.8 Å². The van der Waals surface area contributed by atoms with Crippen LogP contribution in [0.1, 0.15) is 48.9 Å². The quantitative estimate of drug-likeness (QED) is 0.781. The minimum atomic E-state index is -0.370. The molecule has 4 aliphatic carbocycles. The van der Waals surface area contributed by atoms with Gasteiger partial charge in [-0.3, -0.25) is 9.59 Å².